The van der Waals surface area contributed by atoms with Crippen molar-refractivity contribution in [3.63, 3.8) is 0 Å². The Morgan fingerprint density at radius 3 is 2.53 bits per heavy atom. The molecule has 0 saturated heterocycles. The van der Waals surface area contributed by atoms with Crippen LogP contribution >= 0.6 is 0 Å². The van der Waals surface area contributed by atoms with Gasteiger partial charge in [0, 0.05) is 26.2 Å². The van der Waals surface area contributed by atoms with Crippen LogP contribution in [0, 0.1) is 5.92 Å². The molecule has 0 amide bonds. The zero-order chi connectivity index (χ0) is 14.0. The summed E-state index contributed by atoms with van der Waals surface area (Å²) in [5, 5.41) is 2.65. The minimum atomic E-state index is -4.53. The lowest BCUT2D eigenvalue weighted by Gasteiger charge is -2.23. The van der Waals surface area contributed by atoms with Crippen LogP contribution < -0.4 is 10.2 Å². The molecule has 7 heteroatoms. The first-order chi connectivity index (χ1) is 8.94. The fourth-order valence-corrected chi connectivity index (χ4v) is 1.85. The lowest BCUT2D eigenvalue weighted by molar-refractivity contribution is -0.144. The van der Waals surface area contributed by atoms with Gasteiger partial charge in [0.1, 0.15) is 11.6 Å². The largest absolute Gasteiger partial charge is 0.451 e. The Hall–Kier alpha value is -1.53. The molecule has 1 saturated carbocycles. The van der Waals surface area contributed by atoms with E-state index in [2.05, 4.69) is 15.3 Å². The van der Waals surface area contributed by atoms with Crippen LogP contribution in [0.25, 0.3) is 0 Å². The monoisotopic (exact) mass is 274 g/mol. The highest BCUT2D eigenvalue weighted by atomic mass is 19.4. The first kappa shape index (κ1) is 13.9. The second kappa shape index (κ2) is 5.22. The van der Waals surface area contributed by atoms with E-state index >= 15 is 0 Å². The maximum atomic E-state index is 12.8. The van der Waals surface area contributed by atoms with Crippen molar-refractivity contribution in [2.75, 3.05) is 30.4 Å². The van der Waals surface area contributed by atoms with Gasteiger partial charge in [-0.15, -0.1) is 0 Å². The molecule has 1 fully saturated rings. The molecular weight excluding hydrogens is 257 g/mol. The van der Waals surface area contributed by atoms with E-state index in [0.29, 0.717) is 18.3 Å². The van der Waals surface area contributed by atoms with Crippen molar-refractivity contribution in [2.45, 2.75) is 25.9 Å². The van der Waals surface area contributed by atoms with Gasteiger partial charge in [-0.05, 0) is 25.7 Å². The molecule has 0 radical (unpaired) electrons. The molecule has 0 atom stereocenters. The van der Waals surface area contributed by atoms with Crippen LogP contribution in [-0.2, 0) is 6.18 Å². The average molecular weight is 274 g/mol. The smallest absolute Gasteiger partial charge is 0.373 e. The Morgan fingerprint density at radius 1 is 1.37 bits per heavy atom. The third kappa shape index (κ3) is 3.48. The van der Waals surface area contributed by atoms with Gasteiger partial charge in [0.25, 0.3) is 0 Å². The molecule has 1 N–H and O–H groups in total. The number of alkyl halides is 3. The number of aromatic nitrogens is 2. The Bertz CT molecular complexity index is 443. The summed E-state index contributed by atoms with van der Waals surface area (Å²) in [7, 11) is 1.55. The number of hydrogen-bond donors (Lipinski definition) is 1. The summed E-state index contributed by atoms with van der Waals surface area (Å²) in [6.07, 6.45) is -2.24. The second-order valence-electron chi connectivity index (χ2n) is 4.66. The number of rotatable bonds is 5. The normalized spacial score (nSPS) is 15.4. The van der Waals surface area contributed by atoms with E-state index in [1.807, 2.05) is 11.8 Å². The fourth-order valence-electron chi connectivity index (χ4n) is 1.85. The van der Waals surface area contributed by atoms with Gasteiger partial charge in [0.15, 0.2) is 0 Å². The van der Waals surface area contributed by atoms with Gasteiger partial charge in [0.05, 0.1) is 0 Å². The molecule has 1 aromatic rings. The van der Waals surface area contributed by atoms with Crippen LogP contribution in [0.3, 0.4) is 0 Å². The van der Waals surface area contributed by atoms with E-state index in [-0.39, 0.29) is 5.82 Å². The highest BCUT2D eigenvalue weighted by Gasteiger charge is 2.36. The van der Waals surface area contributed by atoms with E-state index in [1.54, 1.807) is 13.1 Å². The summed E-state index contributed by atoms with van der Waals surface area (Å²) < 4.78 is 38.3. The quantitative estimate of drug-likeness (QED) is 0.896. The molecule has 0 aliphatic heterocycles. The predicted molar refractivity (Wildman–Crippen MR) is 67.2 cm³/mol. The highest BCUT2D eigenvalue weighted by Crippen LogP contribution is 2.33. The molecule has 0 unspecified atom stereocenters. The second-order valence-corrected chi connectivity index (χ2v) is 4.66. The summed E-state index contributed by atoms with van der Waals surface area (Å²) in [6, 6.07) is 1.56. The summed E-state index contributed by atoms with van der Waals surface area (Å²) in [4.78, 5) is 8.99. The Kier molecular flexibility index (Phi) is 3.82. The molecule has 0 aromatic carbocycles. The maximum Gasteiger partial charge on any atom is 0.451 e. The third-order valence-corrected chi connectivity index (χ3v) is 3.10. The van der Waals surface area contributed by atoms with Gasteiger partial charge in [-0.2, -0.15) is 13.2 Å². The summed E-state index contributed by atoms with van der Waals surface area (Å²) >= 11 is 0. The van der Waals surface area contributed by atoms with Crippen LogP contribution in [-0.4, -0.2) is 30.1 Å². The van der Waals surface area contributed by atoms with E-state index in [9.17, 15) is 13.2 Å². The van der Waals surface area contributed by atoms with Crippen molar-refractivity contribution in [3.8, 4) is 0 Å². The average Bonchev–Trinajstić information content (AvgIpc) is 3.18. The van der Waals surface area contributed by atoms with Crippen LogP contribution in [0.5, 0.6) is 0 Å². The molecular formula is C12H17F3N4. The van der Waals surface area contributed by atoms with E-state index < -0.39 is 12.0 Å². The number of nitrogens with zero attached hydrogens (tertiary/aromatic N) is 3. The van der Waals surface area contributed by atoms with Crippen LogP contribution in [0.2, 0.25) is 0 Å². The zero-order valence-electron chi connectivity index (χ0n) is 11.0. The van der Waals surface area contributed by atoms with E-state index in [4.69, 9.17) is 0 Å². The van der Waals surface area contributed by atoms with Crippen molar-refractivity contribution in [3.05, 3.63) is 11.9 Å². The number of halogens is 3. The Balaban J connectivity index is 2.31. The van der Waals surface area contributed by atoms with Crippen molar-refractivity contribution >= 4 is 11.6 Å². The van der Waals surface area contributed by atoms with E-state index in [0.717, 1.165) is 19.4 Å². The van der Waals surface area contributed by atoms with Gasteiger partial charge in [-0.1, -0.05) is 0 Å². The van der Waals surface area contributed by atoms with Gasteiger partial charge in [-0.25, -0.2) is 9.97 Å². The molecule has 2 rings (SSSR count). The van der Waals surface area contributed by atoms with Crippen molar-refractivity contribution in [1.29, 1.82) is 0 Å². The first-order valence-corrected chi connectivity index (χ1v) is 6.33. The van der Waals surface area contributed by atoms with E-state index in [1.165, 1.54) is 0 Å². The highest BCUT2D eigenvalue weighted by molar-refractivity contribution is 5.49. The molecule has 4 nitrogen and oxygen atoms in total. The summed E-state index contributed by atoms with van der Waals surface area (Å²) in [5.41, 5.74) is 0. The molecule has 0 spiro atoms. The topological polar surface area (TPSA) is 41.0 Å². The zero-order valence-corrected chi connectivity index (χ0v) is 11.0. The summed E-state index contributed by atoms with van der Waals surface area (Å²) in [5.74, 6) is 0.0125. The van der Waals surface area contributed by atoms with Gasteiger partial charge >= 0.3 is 6.18 Å². The molecule has 19 heavy (non-hydrogen) atoms. The Labute approximate surface area is 110 Å². The lowest BCUT2D eigenvalue weighted by atomic mass is 10.3. The van der Waals surface area contributed by atoms with Gasteiger partial charge in [0.2, 0.25) is 5.82 Å². The third-order valence-electron chi connectivity index (χ3n) is 3.10. The minimum absolute atomic E-state index is 0.187. The minimum Gasteiger partial charge on any atom is -0.373 e. The molecule has 1 aromatic heterocycles. The summed E-state index contributed by atoms with van der Waals surface area (Å²) in [6.45, 7) is 3.30. The van der Waals surface area contributed by atoms with Crippen molar-refractivity contribution < 1.29 is 13.2 Å². The Morgan fingerprint density at radius 2 is 2.05 bits per heavy atom. The number of nitrogens with one attached hydrogen (secondary N) is 1. The van der Waals surface area contributed by atoms with Crippen LogP contribution in [0.15, 0.2) is 6.07 Å². The fraction of sp³-hybridized carbons (Fsp3) is 0.667. The molecule has 1 heterocycles. The first-order valence-electron chi connectivity index (χ1n) is 6.33. The maximum absolute atomic E-state index is 12.8. The molecule has 0 bridgehead atoms. The van der Waals surface area contributed by atoms with Crippen molar-refractivity contribution in [2.24, 2.45) is 5.92 Å². The van der Waals surface area contributed by atoms with Gasteiger partial charge in [-0.3, -0.25) is 0 Å². The number of anilines is 2. The van der Waals surface area contributed by atoms with Gasteiger partial charge < -0.3 is 10.2 Å². The van der Waals surface area contributed by atoms with Crippen molar-refractivity contribution in [1.82, 2.24) is 9.97 Å². The molecule has 1 aliphatic rings. The lowest BCUT2D eigenvalue weighted by Crippen LogP contribution is -2.27. The predicted octanol–water partition coefficient (Wildman–Crippen LogP) is 2.77. The number of hydrogen-bond acceptors (Lipinski definition) is 4. The van der Waals surface area contributed by atoms with Crippen LogP contribution in [0.4, 0.5) is 24.8 Å². The standard InChI is InChI=1S/C12H17F3N4/c1-3-19(7-8-4-5-8)10-6-9(16-2)17-11(18-10)12(13,14)15/h6,8H,3-5,7H2,1-2H3,(H,16,17,18). The molecule has 1 aliphatic carbocycles. The SMILES string of the molecule is CCN(CC1CC1)c1cc(NC)nc(C(F)(F)F)n1. The molecule has 106 valence electrons. The van der Waals surface area contributed by atoms with Crippen LogP contribution in [0.1, 0.15) is 25.6 Å².